The van der Waals surface area contributed by atoms with E-state index < -0.39 is 0 Å². The van der Waals surface area contributed by atoms with E-state index in [0.29, 0.717) is 15.1 Å². The second kappa shape index (κ2) is 5.42. The summed E-state index contributed by atoms with van der Waals surface area (Å²) in [7, 11) is 0. The first-order valence-corrected chi connectivity index (χ1v) is 6.87. The molecule has 0 radical (unpaired) electrons. The minimum Gasteiger partial charge on any atom is -0.506 e. The molecule has 18 heavy (non-hydrogen) atoms. The Kier molecular flexibility index (Phi) is 4.09. The maximum atomic E-state index is 9.85. The molecule has 7 heteroatoms. The molecule has 1 saturated carbocycles. The molecule has 0 atom stereocenters. The minimum absolute atomic E-state index is 0.0850. The van der Waals surface area contributed by atoms with Crippen LogP contribution in [0.1, 0.15) is 18.4 Å². The number of nitrogens with zero attached hydrogens (tertiary/aromatic N) is 2. The van der Waals surface area contributed by atoms with E-state index in [0.717, 1.165) is 12.8 Å². The number of phenols is 1. The average molecular weight is 349 g/mol. The summed E-state index contributed by atoms with van der Waals surface area (Å²) in [6.45, 7) is 0. The molecule has 0 heterocycles. The summed E-state index contributed by atoms with van der Waals surface area (Å²) >= 11 is 14.0. The van der Waals surface area contributed by atoms with Crippen LogP contribution in [0.15, 0.2) is 21.7 Å². The molecule has 1 aliphatic rings. The molecule has 0 unspecified atom stereocenters. The van der Waals surface area contributed by atoms with Crippen LogP contribution in [0.5, 0.6) is 5.75 Å². The smallest absolute Gasteiger partial charge is 0.187 e. The molecule has 1 aromatic carbocycles. The molecule has 0 saturated heterocycles. The quantitative estimate of drug-likeness (QED) is 0.501. The van der Waals surface area contributed by atoms with Gasteiger partial charge in [-0.05, 0) is 53.1 Å². The van der Waals surface area contributed by atoms with Crippen LogP contribution in [0.3, 0.4) is 0 Å². The third-order valence-electron chi connectivity index (χ3n) is 2.50. The number of hydrazone groups is 1. The number of nitrogens with two attached hydrogens (primary N) is 1. The van der Waals surface area contributed by atoms with Crippen LogP contribution in [0.4, 0.5) is 0 Å². The Morgan fingerprint density at radius 2 is 2.28 bits per heavy atom. The number of thiocarbonyl (C=S) groups is 1. The van der Waals surface area contributed by atoms with Crippen molar-refractivity contribution in [3.63, 3.8) is 0 Å². The fourth-order valence-corrected chi connectivity index (χ4v) is 2.49. The minimum atomic E-state index is 0.0850. The van der Waals surface area contributed by atoms with Crippen molar-refractivity contribution in [1.29, 1.82) is 0 Å². The van der Waals surface area contributed by atoms with Gasteiger partial charge in [0.25, 0.3) is 0 Å². The monoisotopic (exact) mass is 347 g/mol. The molecule has 0 aliphatic heterocycles. The van der Waals surface area contributed by atoms with Crippen molar-refractivity contribution in [2.45, 2.75) is 18.9 Å². The summed E-state index contributed by atoms with van der Waals surface area (Å²) in [5, 5.41) is 16.4. The lowest BCUT2D eigenvalue weighted by Crippen LogP contribution is -2.32. The molecule has 0 aromatic heterocycles. The van der Waals surface area contributed by atoms with Gasteiger partial charge in [0.2, 0.25) is 0 Å². The van der Waals surface area contributed by atoms with Gasteiger partial charge in [-0.2, -0.15) is 5.10 Å². The van der Waals surface area contributed by atoms with Crippen LogP contribution in [-0.2, 0) is 0 Å². The maximum Gasteiger partial charge on any atom is 0.187 e. The number of phenolic OH excluding ortho intramolecular Hbond substituents is 1. The van der Waals surface area contributed by atoms with Crippen LogP contribution in [0.25, 0.3) is 0 Å². The third kappa shape index (κ3) is 3.13. The van der Waals surface area contributed by atoms with Crippen molar-refractivity contribution >= 4 is 51.1 Å². The number of hydrogen-bond acceptors (Lipinski definition) is 3. The SMILES string of the molecule is NC(=S)N(/N=C/c1cc(Cl)cc(Br)c1O)C1CC1. The van der Waals surface area contributed by atoms with Crippen molar-refractivity contribution in [2.24, 2.45) is 10.8 Å². The Morgan fingerprint density at radius 1 is 1.61 bits per heavy atom. The highest BCUT2D eigenvalue weighted by Crippen LogP contribution is 2.31. The second-order valence-electron chi connectivity index (χ2n) is 3.98. The average Bonchev–Trinajstić information content (AvgIpc) is 3.08. The topological polar surface area (TPSA) is 61.8 Å². The normalized spacial score (nSPS) is 15.0. The maximum absolute atomic E-state index is 9.85. The number of rotatable bonds is 3. The predicted molar refractivity (Wildman–Crippen MR) is 80.1 cm³/mol. The van der Waals surface area contributed by atoms with E-state index in [1.807, 2.05) is 0 Å². The van der Waals surface area contributed by atoms with E-state index in [1.54, 1.807) is 17.1 Å². The zero-order valence-corrected chi connectivity index (χ0v) is 12.5. The van der Waals surface area contributed by atoms with Crippen molar-refractivity contribution in [1.82, 2.24) is 5.01 Å². The first-order valence-electron chi connectivity index (χ1n) is 5.29. The number of hydrogen-bond donors (Lipinski definition) is 2. The van der Waals surface area contributed by atoms with E-state index >= 15 is 0 Å². The molecule has 3 N–H and O–H groups in total. The van der Waals surface area contributed by atoms with Gasteiger partial charge in [-0.1, -0.05) is 11.6 Å². The molecular weight excluding hydrogens is 338 g/mol. The lowest BCUT2D eigenvalue weighted by molar-refractivity contribution is 0.440. The Morgan fingerprint density at radius 3 is 2.83 bits per heavy atom. The fraction of sp³-hybridized carbons (Fsp3) is 0.273. The van der Waals surface area contributed by atoms with E-state index in [2.05, 4.69) is 21.0 Å². The molecule has 4 nitrogen and oxygen atoms in total. The van der Waals surface area contributed by atoms with Crippen LogP contribution in [-0.4, -0.2) is 27.5 Å². The van der Waals surface area contributed by atoms with Crippen LogP contribution in [0, 0.1) is 0 Å². The van der Waals surface area contributed by atoms with Crippen LogP contribution in [0.2, 0.25) is 5.02 Å². The van der Waals surface area contributed by atoms with Crippen LogP contribution < -0.4 is 5.73 Å². The third-order valence-corrected chi connectivity index (χ3v) is 3.51. The summed E-state index contributed by atoms with van der Waals surface area (Å²) in [6, 6.07) is 3.51. The molecule has 1 aliphatic carbocycles. The molecule has 0 spiro atoms. The summed E-state index contributed by atoms with van der Waals surface area (Å²) in [6.07, 6.45) is 3.56. The van der Waals surface area contributed by atoms with Gasteiger partial charge in [0.15, 0.2) is 5.11 Å². The molecule has 0 bridgehead atoms. The van der Waals surface area contributed by atoms with Gasteiger partial charge < -0.3 is 10.8 Å². The molecule has 0 amide bonds. The summed E-state index contributed by atoms with van der Waals surface area (Å²) in [4.78, 5) is 0. The van der Waals surface area contributed by atoms with Crippen molar-refractivity contribution in [3.05, 3.63) is 27.2 Å². The number of aromatic hydroxyl groups is 1. The Hall–Kier alpha value is -0.850. The second-order valence-corrected chi connectivity index (χ2v) is 5.69. The van der Waals surface area contributed by atoms with Crippen molar-refractivity contribution < 1.29 is 5.11 Å². The predicted octanol–water partition coefficient (Wildman–Crippen LogP) is 2.85. The van der Waals surface area contributed by atoms with E-state index in [9.17, 15) is 5.11 Å². The molecule has 96 valence electrons. The first kappa shape index (κ1) is 13.6. The van der Waals surface area contributed by atoms with Gasteiger partial charge in [-0.25, -0.2) is 5.01 Å². The van der Waals surface area contributed by atoms with Gasteiger partial charge >= 0.3 is 0 Å². The highest BCUT2D eigenvalue weighted by molar-refractivity contribution is 9.10. The van der Waals surface area contributed by atoms with Gasteiger partial charge in [0, 0.05) is 10.6 Å². The van der Waals surface area contributed by atoms with E-state index in [4.69, 9.17) is 29.6 Å². The van der Waals surface area contributed by atoms with Gasteiger partial charge in [-0.15, -0.1) is 0 Å². The molecule has 1 fully saturated rings. The summed E-state index contributed by atoms with van der Waals surface area (Å²) in [5.74, 6) is 0.0850. The lowest BCUT2D eigenvalue weighted by atomic mass is 10.2. The van der Waals surface area contributed by atoms with E-state index in [-0.39, 0.29) is 16.9 Å². The zero-order valence-electron chi connectivity index (χ0n) is 9.31. The Balaban J connectivity index is 2.24. The summed E-state index contributed by atoms with van der Waals surface area (Å²) in [5.41, 5.74) is 6.10. The largest absolute Gasteiger partial charge is 0.506 e. The van der Waals surface area contributed by atoms with Gasteiger partial charge in [0.05, 0.1) is 16.7 Å². The molecular formula is C11H11BrClN3OS. The highest BCUT2D eigenvalue weighted by atomic mass is 79.9. The van der Waals surface area contributed by atoms with E-state index in [1.165, 1.54) is 6.21 Å². The first-order chi connectivity index (χ1) is 8.49. The zero-order chi connectivity index (χ0) is 13.3. The van der Waals surface area contributed by atoms with Crippen molar-refractivity contribution in [2.75, 3.05) is 0 Å². The summed E-state index contributed by atoms with van der Waals surface area (Å²) < 4.78 is 0.518. The fourth-order valence-electron chi connectivity index (χ4n) is 1.46. The van der Waals surface area contributed by atoms with Crippen LogP contribution >= 0.6 is 39.7 Å². The standard InChI is InChI=1S/C11H11BrClN3OS/c12-9-4-7(13)3-6(10(9)17)5-15-16(11(14)18)8-1-2-8/h3-5,8,17H,1-2H2,(H2,14,18)/b15-5+. The van der Waals surface area contributed by atoms with Crippen molar-refractivity contribution in [3.8, 4) is 5.75 Å². The molecule has 2 rings (SSSR count). The Labute approximate surface area is 124 Å². The number of halogens is 2. The lowest BCUT2D eigenvalue weighted by Gasteiger charge is -2.15. The van der Waals surface area contributed by atoms with Gasteiger partial charge in [-0.3, -0.25) is 0 Å². The Bertz CT molecular complexity index is 519. The van der Waals surface area contributed by atoms with Gasteiger partial charge in [0.1, 0.15) is 5.75 Å². The highest BCUT2D eigenvalue weighted by Gasteiger charge is 2.29. The molecule has 1 aromatic rings. The number of benzene rings is 1.